The Morgan fingerprint density at radius 3 is 2.93 bits per heavy atom. The normalized spacial score (nSPS) is 9.36. The van der Waals surface area contributed by atoms with E-state index in [1.54, 1.807) is 19.1 Å². The van der Waals surface area contributed by atoms with E-state index in [9.17, 15) is 4.39 Å². The van der Waals surface area contributed by atoms with Gasteiger partial charge in [-0.2, -0.15) is 0 Å². The first kappa shape index (κ1) is 11.0. The zero-order chi connectivity index (χ0) is 10.4. The monoisotopic (exact) mass is 211 g/mol. The summed E-state index contributed by atoms with van der Waals surface area (Å²) in [6.45, 7) is 2.99. The van der Waals surface area contributed by atoms with Crippen molar-refractivity contribution in [3.8, 4) is 11.8 Å². The quantitative estimate of drug-likeness (QED) is 0.599. The topological polar surface area (TPSA) is 12.0 Å². The van der Waals surface area contributed by atoms with Gasteiger partial charge < -0.3 is 5.32 Å². The molecule has 3 heteroatoms. The summed E-state index contributed by atoms with van der Waals surface area (Å²) in [5.74, 6) is 5.25. The summed E-state index contributed by atoms with van der Waals surface area (Å²) in [6.07, 6.45) is 0. The van der Waals surface area contributed by atoms with Gasteiger partial charge in [-0.1, -0.05) is 23.6 Å². The van der Waals surface area contributed by atoms with Crippen molar-refractivity contribution in [3.05, 3.63) is 34.6 Å². The summed E-state index contributed by atoms with van der Waals surface area (Å²) in [4.78, 5) is 0. The summed E-state index contributed by atoms with van der Waals surface area (Å²) in [5, 5.41) is 3.22. The van der Waals surface area contributed by atoms with Crippen LogP contribution >= 0.6 is 11.6 Å². The maximum Gasteiger partial charge on any atom is 0.142 e. The Labute approximate surface area is 88.3 Å². The lowest BCUT2D eigenvalue weighted by atomic mass is 10.2. The Morgan fingerprint density at radius 2 is 2.29 bits per heavy atom. The highest BCUT2D eigenvalue weighted by atomic mass is 35.5. The SMILES string of the molecule is CC#CCNCc1ccc(Cl)c(F)c1. The minimum absolute atomic E-state index is 0.155. The fraction of sp³-hybridized carbons (Fsp3) is 0.273. The molecule has 0 bridgehead atoms. The standard InChI is InChI=1S/C11H11ClFN/c1-2-3-6-14-8-9-4-5-10(12)11(13)7-9/h4-5,7,14H,6,8H2,1H3. The van der Waals surface area contributed by atoms with Gasteiger partial charge in [-0.05, 0) is 24.6 Å². The fourth-order valence-corrected chi connectivity index (χ4v) is 1.12. The lowest BCUT2D eigenvalue weighted by Crippen LogP contribution is -2.13. The third kappa shape index (κ3) is 3.37. The molecule has 0 aliphatic rings. The number of hydrogen-bond acceptors (Lipinski definition) is 1. The van der Waals surface area contributed by atoms with Gasteiger partial charge in [0.1, 0.15) is 5.82 Å². The van der Waals surface area contributed by atoms with Gasteiger partial charge in [0.25, 0.3) is 0 Å². The summed E-state index contributed by atoms with van der Waals surface area (Å²) in [6, 6.07) is 4.77. The lowest BCUT2D eigenvalue weighted by molar-refractivity contribution is 0.623. The van der Waals surface area contributed by atoms with Crippen molar-refractivity contribution in [1.29, 1.82) is 0 Å². The van der Waals surface area contributed by atoms with Crippen molar-refractivity contribution in [2.75, 3.05) is 6.54 Å². The van der Waals surface area contributed by atoms with Gasteiger partial charge in [-0.15, -0.1) is 5.92 Å². The van der Waals surface area contributed by atoms with Crippen LogP contribution in [0.5, 0.6) is 0 Å². The predicted octanol–water partition coefficient (Wildman–Crippen LogP) is 2.59. The molecule has 74 valence electrons. The van der Waals surface area contributed by atoms with E-state index in [0.717, 1.165) is 5.56 Å². The Bertz CT molecular complexity index is 365. The molecule has 1 aromatic carbocycles. The summed E-state index contributed by atoms with van der Waals surface area (Å²) >= 11 is 5.55. The molecular formula is C11H11ClFN. The molecule has 0 saturated heterocycles. The molecule has 14 heavy (non-hydrogen) atoms. The predicted molar refractivity (Wildman–Crippen MR) is 56.6 cm³/mol. The van der Waals surface area contributed by atoms with Gasteiger partial charge in [0.05, 0.1) is 11.6 Å². The van der Waals surface area contributed by atoms with Crippen LogP contribution in [0.25, 0.3) is 0 Å². The fourth-order valence-electron chi connectivity index (χ4n) is 1.01. The van der Waals surface area contributed by atoms with E-state index in [-0.39, 0.29) is 10.8 Å². The lowest BCUT2D eigenvalue weighted by Gasteiger charge is -2.02. The maximum atomic E-state index is 13.0. The van der Waals surface area contributed by atoms with Crippen LogP contribution in [-0.2, 0) is 6.54 Å². The van der Waals surface area contributed by atoms with Crippen molar-refractivity contribution < 1.29 is 4.39 Å². The van der Waals surface area contributed by atoms with Crippen LogP contribution in [0.15, 0.2) is 18.2 Å². The second kappa shape index (κ2) is 5.64. The van der Waals surface area contributed by atoms with Crippen molar-refractivity contribution in [2.45, 2.75) is 13.5 Å². The molecule has 1 aromatic rings. The van der Waals surface area contributed by atoms with Gasteiger partial charge in [-0.25, -0.2) is 4.39 Å². The molecule has 0 spiro atoms. The molecule has 0 fully saturated rings. The van der Waals surface area contributed by atoms with Crippen molar-refractivity contribution in [1.82, 2.24) is 5.32 Å². The van der Waals surface area contributed by atoms with Crippen molar-refractivity contribution in [3.63, 3.8) is 0 Å². The maximum absolute atomic E-state index is 13.0. The highest BCUT2D eigenvalue weighted by Gasteiger charge is 1.99. The number of nitrogens with one attached hydrogen (secondary N) is 1. The van der Waals surface area contributed by atoms with E-state index >= 15 is 0 Å². The zero-order valence-corrected chi connectivity index (χ0v) is 8.66. The number of halogens is 2. The van der Waals surface area contributed by atoms with Gasteiger partial charge >= 0.3 is 0 Å². The van der Waals surface area contributed by atoms with Gasteiger partial charge in [0, 0.05) is 6.54 Å². The van der Waals surface area contributed by atoms with Crippen molar-refractivity contribution in [2.24, 2.45) is 0 Å². The minimum atomic E-state index is -0.382. The van der Waals surface area contributed by atoms with Crippen LogP contribution < -0.4 is 5.32 Å². The summed E-state index contributed by atoms with van der Waals surface area (Å²) < 4.78 is 13.0. The van der Waals surface area contributed by atoms with Crippen LogP contribution in [0.1, 0.15) is 12.5 Å². The number of hydrogen-bond donors (Lipinski definition) is 1. The van der Waals surface area contributed by atoms with E-state index < -0.39 is 0 Å². The molecule has 0 aliphatic heterocycles. The van der Waals surface area contributed by atoms with Crippen LogP contribution in [0.2, 0.25) is 5.02 Å². The molecule has 0 saturated carbocycles. The third-order valence-corrected chi connectivity index (χ3v) is 2.01. The molecule has 0 radical (unpaired) electrons. The second-order valence-corrected chi connectivity index (χ2v) is 3.19. The molecule has 0 amide bonds. The first-order chi connectivity index (χ1) is 6.74. The molecule has 0 atom stereocenters. The average Bonchev–Trinajstić information content (AvgIpc) is 2.18. The first-order valence-corrected chi connectivity index (χ1v) is 4.66. The molecule has 0 heterocycles. The van der Waals surface area contributed by atoms with E-state index in [4.69, 9.17) is 11.6 Å². The van der Waals surface area contributed by atoms with Gasteiger partial charge in [0.15, 0.2) is 0 Å². The first-order valence-electron chi connectivity index (χ1n) is 4.28. The van der Waals surface area contributed by atoms with Gasteiger partial charge in [-0.3, -0.25) is 0 Å². The molecular weight excluding hydrogens is 201 g/mol. The highest BCUT2D eigenvalue weighted by molar-refractivity contribution is 6.30. The Morgan fingerprint density at radius 1 is 1.50 bits per heavy atom. The summed E-state index contributed by atoms with van der Waals surface area (Å²) in [7, 11) is 0. The molecule has 1 N–H and O–H groups in total. The van der Waals surface area contributed by atoms with E-state index in [2.05, 4.69) is 17.2 Å². The molecule has 1 rings (SSSR count). The Balaban J connectivity index is 2.50. The third-order valence-electron chi connectivity index (χ3n) is 1.70. The second-order valence-electron chi connectivity index (χ2n) is 2.78. The molecule has 0 unspecified atom stereocenters. The number of rotatable bonds is 3. The minimum Gasteiger partial charge on any atom is -0.302 e. The molecule has 1 nitrogen and oxygen atoms in total. The summed E-state index contributed by atoms with van der Waals surface area (Å²) in [5.41, 5.74) is 0.866. The smallest absolute Gasteiger partial charge is 0.142 e. The molecule has 0 aromatic heterocycles. The van der Waals surface area contributed by atoms with Crippen LogP contribution in [0, 0.1) is 17.7 Å². The van der Waals surface area contributed by atoms with Crippen LogP contribution in [-0.4, -0.2) is 6.54 Å². The Hall–Kier alpha value is -1.04. The van der Waals surface area contributed by atoms with Crippen LogP contribution in [0.4, 0.5) is 4.39 Å². The van der Waals surface area contributed by atoms with Gasteiger partial charge in [0.2, 0.25) is 0 Å². The Kier molecular flexibility index (Phi) is 4.45. The zero-order valence-electron chi connectivity index (χ0n) is 7.90. The van der Waals surface area contributed by atoms with E-state index in [0.29, 0.717) is 13.1 Å². The van der Waals surface area contributed by atoms with E-state index in [1.807, 2.05) is 0 Å². The van der Waals surface area contributed by atoms with E-state index in [1.165, 1.54) is 6.07 Å². The largest absolute Gasteiger partial charge is 0.302 e. The highest BCUT2D eigenvalue weighted by Crippen LogP contribution is 2.15. The van der Waals surface area contributed by atoms with Crippen molar-refractivity contribution >= 4 is 11.6 Å². The van der Waals surface area contributed by atoms with Crippen LogP contribution in [0.3, 0.4) is 0 Å². The average molecular weight is 212 g/mol. The molecule has 0 aliphatic carbocycles. The number of benzene rings is 1.